The molecule has 0 aromatic rings. The molecule has 0 spiro atoms. The molecule has 3 amide bonds. The molecule has 5 nitrogen and oxygen atoms in total. The van der Waals surface area contributed by atoms with Crippen molar-refractivity contribution in [2.45, 2.75) is 143 Å². The molecule has 0 aromatic heterocycles. The Bertz CT molecular complexity index is 658. The number of carbonyl (C=O) groups excluding carboxylic acids is 3. The van der Waals surface area contributed by atoms with E-state index in [1.165, 1.54) is 38.5 Å². The zero-order chi connectivity index (χ0) is 24.1. The molecule has 184 valence electrons. The Morgan fingerprint density at radius 1 is 0.969 bits per heavy atom. The summed E-state index contributed by atoms with van der Waals surface area (Å²) in [6.45, 7) is 14.7. The maximum absolute atomic E-state index is 12.9. The van der Waals surface area contributed by atoms with Gasteiger partial charge in [0.25, 0.3) is 0 Å². The largest absolute Gasteiger partial charge is 0.335 e. The molecule has 4 unspecified atom stereocenters. The molecule has 4 atom stereocenters. The predicted octanol–water partition coefficient (Wildman–Crippen LogP) is 6.10. The van der Waals surface area contributed by atoms with Crippen molar-refractivity contribution in [2.24, 2.45) is 11.8 Å². The fourth-order valence-corrected chi connectivity index (χ4v) is 6.69. The first-order valence-electron chi connectivity index (χ1n) is 13.1. The normalized spacial score (nSPS) is 27.7. The molecule has 0 bridgehead atoms. The smallest absolute Gasteiger partial charge is 0.230 e. The Labute approximate surface area is 196 Å². The topological polar surface area (TPSA) is 57.7 Å². The lowest BCUT2D eigenvalue weighted by molar-refractivity contribution is -0.162. The van der Waals surface area contributed by atoms with Gasteiger partial charge in [0, 0.05) is 31.3 Å². The third-order valence-corrected chi connectivity index (χ3v) is 8.61. The number of nitrogens with zero attached hydrogens (tertiary/aromatic N) is 2. The Hall–Kier alpha value is -1.39. The summed E-state index contributed by atoms with van der Waals surface area (Å²) in [6.07, 6.45) is 12.3. The number of imide groups is 1. The number of piperidine rings is 1. The number of likely N-dealkylation sites (tertiary alicyclic amines) is 2. The van der Waals surface area contributed by atoms with Crippen LogP contribution in [0.25, 0.3) is 0 Å². The van der Waals surface area contributed by atoms with Crippen LogP contribution in [0.5, 0.6) is 0 Å². The van der Waals surface area contributed by atoms with E-state index in [4.69, 9.17) is 0 Å². The minimum absolute atomic E-state index is 0.0104. The van der Waals surface area contributed by atoms with E-state index in [0.717, 1.165) is 25.7 Å². The monoisotopic (exact) mass is 448 g/mol. The van der Waals surface area contributed by atoms with Crippen LogP contribution in [0.1, 0.15) is 126 Å². The van der Waals surface area contributed by atoms with Crippen molar-refractivity contribution in [3.05, 3.63) is 0 Å². The molecule has 0 N–H and O–H groups in total. The van der Waals surface area contributed by atoms with Gasteiger partial charge >= 0.3 is 0 Å². The zero-order valence-corrected chi connectivity index (χ0v) is 21.8. The van der Waals surface area contributed by atoms with Crippen molar-refractivity contribution < 1.29 is 14.4 Å². The van der Waals surface area contributed by atoms with Crippen molar-refractivity contribution in [2.75, 3.05) is 0 Å². The maximum Gasteiger partial charge on any atom is 0.230 e. The number of hydrogen-bond acceptors (Lipinski definition) is 3. The molecule has 0 aliphatic carbocycles. The van der Waals surface area contributed by atoms with Crippen LogP contribution in [0.4, 0.5) is 0 Å². The number of unbranched alkanes of at least 4 members (excludes halogenated alkanes) is 7. The molecule has 2 aliphatic heterocycles. The van der Waals surface area contributed by atoms with Gasteiger partial charge in [0.15, 0.2) is 0 Å². The first-order chi connectivity index (χ1) is 15.0. The van der Waals surface area contributed by atoms with Gasteiger partial charge in [-0.2, -0.15) is 0 Å². The molecule has 0 aromatic carbocycles. The average molecular weight is 449 g/mol. The van der Waals surface area contributed by atoms with E-state index >= 15 is 0 Å². The van der Waals surface area contributed by atoms with Gasteiger partial charge in [0.05, 0.1) is 5.54 Å². The number of hydrogen-bond donors (Lipinski definition) is 0. The summed E-state index contributed by atoms with van der Waals surface area (Å²) in [4.78, 5) is 41.8. The molecule has 2 heterocycles. The quantitative estimate of drug-likeness (QED) is 0.283. The van der Waals surface area contributed by atoms with Crippen LogP contribution in [0.3, 0.4) is 0 Å². The van der Waals surface area contributed by atoms with E-state index in [-0.39, 0.29) is 41.1 Å². The van der Waals surface area contributed by atoms with Crippen molar-refractivity contribution in [3.8, 4) is 0 Å². The maximum atomic E-state index is 12.9. The van der Waals surface area contributed by atoms with Gasteiger partial charge in [-0.15, -0.1) is 0 Å². The van der Waals surface area contributed by atoms with Crippen LogP contribution in [0.15, 0.2) is 0 Å². The van der Waals surface area contributed by atoms with Gasteiger partial charge < -0.3 is 4.90 Å². The molecule has 2 saturated heterocycles. The number of amides is 3. The Morgan fingerprint density at radius 3 is 1.97 bits per heavy atom. The third kappa shape index (κ3) is 5.56. The Kier molecular flexibility index (Phi) is 9.36. The van der Waals surface area contributed by atoms with Crippen molar-refractivity contribution in [1.29, 1.82) is 0 Å². The van der Waals surface area contributed by atoms with E-state index in [9.17, 15) is 14.4 Å². The highest BCUT2D eigenvalue weighted by atomic mass is 16.2. The minimum atomic E-state index is -0.485. The Morgan fingerprint density at radius 2 is 1.47 bits per heavy atom. The summed E-state index contributed by atoms with van der Waals surface area (Å²) in [5, 5.41) is 0. The molecule has 2 aliphatic rings. The van der Waals surface area contributed by atoms with E-state index in [2.05, 4.69) is 41.5 Å². The molecule has 2 fully saturated rings. The highest BCUT2D eigenvalue weighted by Gasteiger charge is 2.55. The predicted molar refractivity (Wildman–Crippen MR) is 130 cm³/mol. The van der Waals surface area contributed by atoms with Crippen molar-refractivity contribution >= 4 is 17.7 Å². The average Bonchev–Trinajstić information content (AvgIpc) is 3.05. The molecule has 32 heavy (non-hydrogen) atoms. The first kappa shape index (κ1) is 26.9. The zero-order valence-electron chi connectivity index (χ0n) is 21.8. The minimum Gasteiger partial charge on any atom is -0.335 e. The molecule has 0 radical (unpaired) electrons. The van der Waals surface area contributed by atoms with Gasteiger partial charge in [-0.3, -0.25) is 19.3 Å². The van der Waals surface area contributed by atoms with E-state index < -0.39 is 5.54 Å². The summed E-state index contributed by atoms with van der Waals surface area (Å²) in [5.74, 6) is 0.444. The van der Waals surface area contributed by atoms with Crippen LogP contribution in [0, 0.1) is 11.8 Å². The van der Waals surface area contributed by atoms with Gasteiger partial charge in [0.2, 0.25) is 17.7 Å². The summed E-state index contributed by atoms with van der Waals surface area (Å²) < 4.78 is 0. The lowest BCUT2D eigenvalue weighted by Gasteiger charge is -2.59. The van der Waals surface area contributed by atoms with E-state index in [1.807, 2.05) is 4.90 Å². The van der Waals surface area contributed by atoms with Crippen molar-refractivity contribution in [1.82, 2.24) is 9.80 Å². The first-order valence-corrected chi connectivity index (χ1v) is 13.1. The van der Waals surface area contributed by atoms with Gasteiger partial charge in [-0.1, -0.05) is 65.2 Å². The fourth-order valence-electron chi connectivity index (χ4n) is 6.69. The third-order valence-electron chi connectivity index (χ3n) is 8.61. The highest BCUT2D eigenvalue weighted by molar-refractivity contribution is 6.02. The summed E-state index contributed by atoms with van der Waals surface area (Å²) >= 11 is 0. The van der Waals surface area contributed by atoms with Crippen LogP contribution >= 0.6 is 0 Å². The molecular formula is C27H48N2O3. The lowest BCUT2D eigenvalue weighted by atomic mass is 9.62. The highest BCUT2D eigenvalue weighted by Crippen LogP contribution is 2.49. The SMILES string of the molecule is CCCCCCCCCCC(C)(C1CC(C)N(C(C)=O)C(C)(C)C1C)N1C(=O)CCC1=O. The number of carbonyl (C=O) groups is 3. The second-order valence-electron chi connectivity index (χ2n) is 11.2. The van der Waals surface area contributed by atoms with Crippen LogP contribution < -0.4 is 0 Å². The van der Waals surface area contributed by atoms with Gasteiger partial charge in [0.1, 0.15) is 0 Å². The second-order valence-corrected chi connectivity index (χ2v) is 11.2. The molecule has 0 saturated carbocycles. The molecule has 5 heteroatoms. The summed E-state index contributed by atoms with van der Waals surface area (Å²) in [6, 6.07) is 0.0920. The van der Waals surface area contributed by atoms with E-state index in [0.29, 0.717) is 12.8 Å². The van der Waals surface area contributed by atoms with Crippen molar-refractivity contribution in [3.63, 3.8) is 0 Å². The summed E-state index contributed by atoms with van der Waals surface area (Å²) in [7, 11) is 0. The standard InChI is InChI=1S/C27H48N2O3/c1-8-9-10-11-12-13-14-15-18-27(7,29-24(31)16-17-25(29)32)23-19-20(2)28(22(4)30)26(5,6)21(23)3/h20-21,23H,8-19H2,1-7H3. The molecular weight excluding hydrogens is 400 g/mol. The second kappa shape index (κ2) is 11.2. The van der Waals surface area contributed by atoms with E-state index in [1.54, 1.807) is 11.8 Å². The van der Waals surface area contributed by atoms with Crippen LogP contribution in [0.2, 0.25) is 0 Å². The van der Waals surface area contributed by atoms with Crippen LogP contribution in [-0.4, -0.2) is 44.6 Å². The molecule has 2 rings (SSSR count). The van der Waals surface area contributed by atoms with Gasteiger partial charge in [-0.05, 0) is 52.4 Å². The lowest BCUT2D eigenvalue weighted by Crippen LogP contribution is -2.67. The Balaban J connectivity index is 2.19. The summed E-state index contributed by atoms with van der Waals surface area (Å²) in [5.41, 5.74) is -0.804. The van der Waals surface area contributed by atoms with Gasteiger partial charge in [-0.25, -0.2) is 0 Å². The number of rotatable bonds is 11. The fraction of sp³-hybridized carbons (Fsp3) is 0.889. The van der Waals surface area contributed by atoms with Crippen LogP contribution in [-0.2, 0) is 14.4 Å².